The Morgan fingerprint density at radius 3 is 2.47 bits per heavy atom. The summed E-state index contributed by atoms with van der Waals surface area (Å²) < 4.78 is 40.0. The third-order valence-corrected chi connectivity index (χ3v) is 5.20. The predicted molar refractivity (Wildman–Crippen MR) is 102 cm³/mol. The van der Waals surface area contributed by atoms with Gasteiger partial charge in [0.1, 0.15) is 6.04 Å². The maximum absolute atomic E-state index is 13.3. The molecule has 2 atom stereocenters. The van der Waals surface area contributed by atoms with Crippen LogP contribution < -0.4 is 10.9 Å². The maximum atomic E-state index is 13.3. The van der Waals surface area contributed by atoms with Crippen molar-refractivity contribution in [2.75, 3.05) is 0 Å². The van der Waals surface area contributed by atoms with Gasteiger partial charge in [0.15, 0.2) is 0 Å². The minimum atomic E-state index is -4.58. The van der Waals surface area contributed by atoms with Crippen LogP contribution in [0.4, 0.5) is 13.2 Å². The number of pyridine rings is 1. The molecule has 1 saturated heterocycles. The van der Waals surface area contributed by atoms with Crippen LogP contribution in [0.25, 0.3) is 22.0 Å². The van der Waals surface area contributed by atoms with Gasteiger partial charge in [-0.3, -0.25) is 9.59 Å². The van der Waals surface area contributed by atoms with Gasteiger partial charge in [-0.2, -0.15) is 13.2 Å². The number of carbonyl (C=O) groups excluding carboxylic acids is 1. The van der Waals surface area contributed by atoms with Gasteiger partial charge in [-0.05, 0) is 35.6 Å². The van der Waals surface area contributed by atoms with Crippen LogP contribution in [0.1, 0.15) is 23.5 Å². The fraction of sp³-hybridized carbons (Fsp3) is 0.190. The number of hydrogen-bond donors (Lipinski definition) is 3. The summed E-state index contributed by atoms with van der Waals surface area (Å²) in [5.74, 6) is -2.31. The van der Waals surface area contributed by atoms with Crippen molar-refractivity contribution in [3.8, 4) is 11.3 Å². The molecule has 3 aromatic rings. The molecule has 154 valence electrons. The second kappa shape index (κ2) is 7.01. The molecule has 1 amide bonds. The Labute approximate surface area is 167 Å². The molecule has 2 heterocycles. The van der Waals surface area contributed by atoms with E-state index in [1.165, 1.54) is 30.3 Å². The normalized spacial score (nSPS) is 19.1. The molecule has 0 bridgehead atoms. The van der Waals surface area contributed by atoms with Crippen molar-refractivity contribution in [3.63, 3.8) is 0 Å². The highest BCUT2D eigenvalue weighted by atomic mass is 19.4. The molecule has 0 radical (unpaired) electrons. The van der Waals surface area contributed by atoms with E-state index in [9.17, 15) is 27.6 Å². The highest BCUT2D eigenvalue weighted by Gasteiger charge is 2.37. The molecule has 0 aliphatic carbocycles. The number of rotatable bonds is 3. The van der Waals surface area contributed by atoms with Gasteiger partial charge in [0, 0.05) is 16.6 Å². The van der Waals surface area contributed by atoms with Crippen LogP contribution >= 0.6 is 0 Å². The number of amides is 1. The molecule has 9 heteroatoms. The predicted octanol–water partition coefficient (Wildman–Crippen LogP) is 3.27. The highest BCUT2D eigenvalue weighted by Crippen LogP contribution is 2.37. The zero-order valence-corrected chi connectivity index (χ0v) is 15.3. The van der Waals surface area contributed by atoms with Crippen molar-refractivity contribution >= 4 is 22.6 Å². The minimum Gasteiger partial charge on any atom is -0.480 e. The second-order valence-corrected chi connectivity index (χ2v) is 7.09. The number of aliphatic carboxylic acids is 1. The second-order valence-electron chi connectivity index (χ2n) is 7.09. The van der Waals surface area contributed by atoms with Gasteiger partial charge in [-0.15, -0.1) is 0 Å². The number of carboxylic acids is 1. The fourth-order valence-corrected chi connectivity index (χ4v) is 3.73. The average Bonchev–Trinajstić information content (AvgIpc) is 3.09. The molecule has 3 N–H and O–H groups in total. The van der Waals surface area contributed by atoms with Crippen molar-refractivity contribution in [1.82, 2.24) is 10.3 Å². The standard InChI is InChI=1S/C21H15F3N2O4/c22-21(23,24)15-4-2-1-3-12(15)16-8-11-6-5-10(7-13(11)18(27)25-16)14-9-17(20(29)30)26-19(14)28/h1-8,14,17H,9H2,(H,25,27)(H,26,28)(H,29,30)/t14-,17?/m0/s1. The Balaban J connectivity index is 1.78. The summed E-state index contributed by atoms with van der Waals surface area (Å²) in [7, 11) is 0. The number of aromatic nitrogens is 1. The first-order chi connectivity index (χ1) is 14.1. The third-order valence-electron chi connectivity index (χ3n) is 5.20. The SMILES string of the molecule is O=C(O)C1C[C@@H](c2ccc3cc(-c4ccccc4C(F)(F)F)[nH]c(=O)c3c2)C(=O)N1. The highest BCUT2D eigenvalue weighted by molar-refractivity contribution is 5.94. The Morgan fingerprint density at radius 2 is 1.80 bits per heavy atom. The van der Waals surface area contributed by atoms with Crippen LogP contribution in [-0.2, 0) is 15.8 Å². The lowest BCUT2D eigenvalue weighted by Crippen LogP contribution is -2.32. The topological polar surface area (TPSA) is 99.3 Å². The Morgan fingerprint density at radius 1 is 1.07 bits per heavy atom. The molecule has 1 aliphatic rings. The van der Waals surface area contributed by atoms with Crippen LogP contribution in [0.5, 0.6) is 0 Å². The van der Waals surface area contributed by atoms with Crippen LogP contribution in [0, 0.1) is 0 Å². The van der Waals surface area contributed by atoms with Crippen molar-refractivity contribution in [3.05, 3.63) is 70.0 Å². The zero-order valence-electron chi connectivity index (χ0n) is 15.3. The number of hydrogen-bond acceptors (Lipinski definition) is 3. The van der Waals surface area contributed by atoms with E-state index in [4.69, 9.17) is 5.11 Å². The molecule has 30 heavy (non-hydrogen) atoms. The number of benzene rings is 2. The van der Waals surface area contributed by atoms with E-state index >= 15 is 0 Å². The Hall–Kier alpha value is -3.62. The van der Waals surface area contributed by atoms with Gasteiger partial charge < -0.3 is 15.4 Å². The summed E-state index contributed by atoms with van der Waals surface area (Å²) in [4.78, 5) is 38.3. The number of fused-ring (bicyclic) bond motifs is 1. The van der Waals surface area contributed by atoms with E-state index in [2.05, 4.69) is 10.3 Å². The first kappa shape index (κ1) is 19.7. The fourth-order valence-electron chi connectivity index (χ4n) is 3.73. The summed E-state index contributed by atoms with van der Waals surface area (Å²) in [6, 6.07) is 9.99. The van der Waals surface area contributed by atoms with E-state index < -0.39 is 41.1 Å². The molecule has 0 saturated carbocycles. The van der Waals surface area contributed by atoms with Gasteiger partial charge in [0.05, 0.1) is 11.5 Å². The van der Waals surface area contributed by atoms with E-state index in [1.807, 2.05) is 0 Å². The largest absolute Gasteiger partial charge is 0.480 e. The molecule has 1 aliphatic heterocycles. The lowest BCUT2D eigenvalue weighted by atomic mass is 9.93. The number of alkyl halides is 3. The first-order valence-corrected chi connectivity index (χ1v) is 9.02. The number of carbonyl (C=O) groups is 2. The van der Waals surface area contributed by atoms with Gasteiger partial charge in [0.2, 0.25) is 5.91 Å². The molecule has 1 fully saturated rings. The monoisotopic (exact) mass is 416 g/mol. The van der Waals surface area contributed by atoms with Gasteiger partial charge in [-0.25, -0.2) is 4.79 Å². The van der Waals surface area contributed by atoms with Crippen molar-refractivity contribution < 1.29 is 27.9 Å². The van der Waals surface area contributed by atoms with E-state index in [-0.39, 0.29) is 23.1 Å². The molecule has 4 rings (SSSR count). The molecular formula is C21H15F3N2O4. The summed E-state index contributed by atoms with van der Waals surface area (Å²) in [5, 5.41) is 12.1. The average molecular weight is 416 g/mol. The van der Waals surface area contributed by atoms with Crippen molar-refractivity contribution in [2.45, 2.75) is 24.6 Å². The van der Waals surface area contributed by atoms with Crippen LogP contribution in [0.2, 0.25) is 0 Å². The molecule has 6 nitrogen and oxygen atoms in total. The number of H-pyrrole nitrogens is 1. The zero-order chi connectivity index (χ0) is 21.6. The van der Waals surface area contributed by atoms with Crippen molar-refractivity contribution in [1.29, 1.82) is 0 Å². The van der Waals surface area contributed by atoms with Crippen LogP contribution in [-0.4, -0.2) is 28.0 Å². The van der Waals surface area contributed by atoms with Gasteiger partial charge >= 0.3 is 12.1 Å². The minimum absolute atomic E-state index is 0.0257. The lowest BCUT2D eigenvalue weighted by Gasteiger charge is -2.13. The number of nitrogens with one attached hydrogen (secondary N) is 2. The molecular weight excluding hydrogens is 401 g/mol. The lowest BCUT2D eigenvalue weighted by molar-refractivity contribution is -0.140. The summed E-state index contributed by atoms with van der Waals surface area (Å²) in [6.07, 6.45) is -4.53. The summed E-state index contributed by atoms with van der Waals surface area (Å²) in [6.45, 7) is 0. The van der Waals surface area contributed by atoms with Gasteiger partial charge in [-0.1, -0.05) is 30.3 Å². The molecule has 2 aromatic carbocycles. The first-order valence-electron chi connectivity index (χ1n) is 9.02. The Kier molecular flexibility index (Phi) is 4.60. The Bertz CT molecular complexity index is 1230. The molecule has 1 unspecified atom stereocenters. The summed E-state index contributed by atoms with van der Waals surface area (Å²) in [5.41, 5.74) is -1.11. The number of halogens is 3. The maximum Gasteiger partial charge on any atom is 0.417 e. The quantitative estimate of drug-likeness (QED) is 0.610. The third kappa shape index (κ3) is 3.42. The van der Waals surface area contributed by atoms with E-state index in [0.29, 0.717) is 10.9 Å². The number of carboxylic acid groups (broad SMARTS) is 1. The van der Waals surface area contributed by atoms with Crippen LogP contribution in [0.15, 0.2) is 53.3 Å². The van der Waals surface area contributed by atoms with Gasteiger partial charge in [0.25, 0.3) is 5.56 Å². The number of aromatic amines is 1. The molecule has 1 aromatic heterocycles. The van der Waals surface area contributed by atoms with Crippen LogP contribution in [0.3, 0.4) is 0 Å². The van der Waals surface area contributed by atoms with E-state index in [1.54, 1.807) is 12.1 Å². The van der Waals surface area contributed by atoms with E-state index in [0.717, 1.165) is 6.07 Å². The smallest absolute Gasteiger partial charge is 0.417 e. The molecule has 0 spiro atoms. The summed E-state index contributed by atoms with van der Waals surface area (Å²) >= 11 is 0. The van der Waals surface area contributed by atoms with Crippen molar-refractivity contribution in [2.24, 2.45) is 0 Å².